The van der Waals surface area contributed by atoms with Gasteiger partial charge < -0.3 is 0 Å². The summed E-state index contributed by atoms with van der Waals surface area (Å²) < 4.78 is 12.9. The lowest BCUT2D eigenvalue weighted by molar-refractivity contribution is 0.486. The van der Waals surface area contributed by atoms with Crippen molar-refractivity contribution >= 4 is 0 Å². The minimum atomic E-state index is 0.143. The Morgan fingerprint density at radius 3 is 2.60 bits per heavy atom. The zero-order valence-electron chi connectivity index (χ0n) is 6.78. The normalized spacial score (nSPS) is 28.5. The first kappa shape index (κ1) is 7.77. The molecule has 0 aromatic heterocycles. The summed E-state index contributed by atoms with van der Waals surface area (Å²) in [5.41, 5.74) is 0.976. The van der Waals surface area contributed by atoms with E-state index in [0.717, 1.165) is 18.4 Å². The zero-order chi connectivity index (χ0) is 7.56. The van der Waals surface area contributed by atoms with Crippen molar-refractivity contribution in [3.8, 4) is 0 Å². The van der Waals surface area contributed by atoms with Crippen LogP contribution in [0.2, 0.25) is 0 Å². The van der Waals surface area contributed by atoms with E-state index < -0.39 is 0 Å². The highest BCUT2D eigenvalue weighted by atomic mass is 19.1. The number of halogens is 1. The van der Waals surface area contributed by atoms with Crippen molar-refractivity contribution < 1.29 is 4.39 Å². The molecule has 0 saturated carbocycles. The van der Waals surface area contributed by atoms with Crippen LogP contribution in [-0.2, 0) is 0 Å². The number of rotatable bonds is 0. The molecule has 1 heteroatoms. The lowest BCUT2D eigenvalue weighted by Gasteiger charge is -2.03. The summed E-state index contributed by atoms with van der Waals surface area (Å²) in [6, 6.07) is 0. The SMILES string of the molecule is CC1=C(F)CCC(C)CC1. The maximum atomic E-state index is 12.9. The average Bonchev–Trinajstić information content (AvgIpc) is 2.04. The minimum Gasteiger partial charge on any atom is -0.212 e. The van der Waals surface area contributed by atoms with Gasteiger partial charge in [0.15, 0.2) is 0 Å². The topological polar surface area (TPSA) is 0 Å². The molecule has 0 amide bonds. The molecule has 0 aromatic carbocycles. The van der Waals surface area contributed by atoms with Crippen LogP contribution in [0.15, 0.2) is 11.4 Å². The smallest absolute Gasteiger partial charge is 0.0988 e. The summed E-state index contributed by atoms with van der Waals surface area (Å²) in [6.07, 6.45) is 3.84. The molecule has 1 atom stereocenters. The molecule has 0 heterocycles. The van der Waals surface area contributed by atoms with Crippen LogP contribution in [0.5, 0.6) is 0 Å². The molecule has 1 unspecified atom stereocenters. The number of hydrogen-bond acceptors (Lipinski definition) is 0. The van der Waals surface area contributed by atoms with Crippen molar-refractivity contribution in [2.75, 3.05) is 0 Å². The van der Waals surface area contributed by atoms with Crippen LogP contribution in [-0.4, -0.2) is 0 Å². The van der Waals surface area contributed by atoms with E-state index in [4.69, 9.17) is 0 Å². The van der Waals surface area contributed by atoms with Crippen molar-refractivity contribution in [3.63, 3.8) is 0 Å². The van der Waals surface area contributed by atoms with Gasteiger partial charge in [0.25, 0.3) is 0 Å². The van der Waals surface area contributed by atoms with Gasteiger partial charge in [0.1, 0.15) is 0 Å². The van der Waals surface area contributed by atoms with Crippen LogP contribution in [0.4, 0.5) is 4.39 Å². The lowest BCUT2D eigenvalue weighted by atomic mass is 10.0. The van der Waals surface area contributed by atoms with Gasteiger partial charge in [0.05, 0.1) is 5.83 Å². The van der Waals surface area contributed by atoms with Crippen LogP contribution in [0.25, 0.3) is 0 Å². The fourth-order valence-electron chi connectivity index (χ4n) is 1.33. The van der Waals surface area contributed by atoms with Crippen molar-refractivity contribution in [3.05, 3.63) is 11.4 Å². The Morgan fingerprint density at radius 1 is 1.30 bits per heavy atom. The first-order chi connectivity index (χ1) is 4.70. The number of allylic oxidation sites excluding steroid dienone is 2. The summed E-state index contributed by atoms with van der Waals surface area (Å²) in [6.45, 7) is 4.11. The Bertz CT molecular complexity index is 131. The zero-order valence-corrected chi connectivity index (χ0v) is 6.78. The largest absolute Gasteiger partial charge is 0.212 e. The van der Waals surface area contributed by atoms with Gasteiger partial charge >= 0.3 is 0 Å². The van der Waals surface area contributed by atoms with E-state index in [-0.39, 0.29) is 5.83 Å². The molecule has 0 radical (unpaired) electrons. The van der Waals surface area contributed by atoms with E-state index in [2.05, 4.69) is 6.92 Å². The standard InChI is InChI=1S/C9H15F/c1-7-3-5-8(2)9(10)6-4-7/h7H,3-6H2,1-2H3. The maximum absolute atomic E-state index is 12.9. The molecule has 10 heavy (non-hydrogen) atoms. The lowest BCUT2D eigenvalue weighted by Crippen LogP contribution is -1.90. The summed E-state index contributed by atoms with van der Waals surface area (Å²) in [4.78, 5) is 0. The molecule has 0 bridgehead atoms. The van der Waals surface area contributed by atoms with E-state index in [1.807, 2.05) is 6.92 Å². The highest BCUT2D eigenvalue weighted by molar-refractivity contribution is 5.06. The molecule has 1 rings (SSSR count). The summed E-state index contributed by atoms with van der Waals surface area (Å²) in [7, 11) is 0. The van der Waals surface area contributed by atoms with Crippen molar-refractivity contribution in [2.24, 2.45) is 5.92 Å². The molecule has 1 aliphatic rings. The van der Waals surface area contributed by atoms with E-state index in [0.29, 0.717) is 12.3 Å². The maximum Gasteiger partial charge on any atom is 0.0988 e. The predicted molar refractivity (Wildman–Crippen MR) is 41.4 cm³/mol. The fourth-order valence-corrected chi connectivity index (χ4v) is 1.33. The number of hydrogen-bond donors (Lipinski definition) is 0. The molecular weight excluding hydrogens is 127 g/mol. The van der Waals surface area contributed by atoms with Crippen LogP contribution in [0.1, 0.15) is 39.5 Å². The highest BCUT2D eigenvalue weighted by Gasteiger charge is 2.11. The molecule has 0 aromatic rings. The molecular formula is C9H15F. The van der Waals surface area contributed by atoms with Gasteiger partial charge in [-0.2, -0.15) is 0 Å². The summed E-state index contributed by atoms with van der Waals surface area (Å²) in [5, 5.41) is 0. The second-order valence-electron chi connectivity index (χ2n) is 3.37. The fraction of sp³-hybridized carbons (Fsp3) is 0.778. The molecule has 58 valence electrons. The van der Waals surface area contributed by atoms with Gasteiger partial charge in [-0.1, -0.05) is 6.92 Å². The molecule has 0 aliphatic heterocycles. The monoisotopic (exact) mass is 142 g/mol. The predicted octanol–water partition coefficient (Wildman–Crippen LogP) is 3.44. The van der Waals surface area contributed by atoms with Gasteiger partial charge in [0, 0.05) is 0 Å². The highest BCUT2D eigenvalue weighted by Crippen LogP contribution is 2.27. The van der Waals surface area contributed by atoms with Crippen LogP contribution in [0.3, 0.4) is 0 Å². The Hall–Kier alpha value is -0.330. The van der Waals surface area contributed by atoms with Gasteiger partial charge in [-0.25, -0.2) is 4.39 Å². The van der Waals surface area contributed by atoms with Gasteiger partial charge in [-0.05, 0) is 44.1 Å². The van der Waals surface area contributed by atoms with Crippen LogP contribution < -0.4 is 0 Å². The second-order valence-corrected chi connectivity index (χ2v) is 3.37. The van der Waals surface area contributed by atoms with Crippen LogP contribution in [0, 0.1) is 5.92 Å². The molecule has 0 spiro atoms. The van der Waals surface area contributed by atoms with Gasteiger partial charge in [0.2, 0.25) is 0 Å². The third-order valence-electron chi connectivity index (χ3n) is 2.33. The molecule has 1 aliphatic carbocycles. The second kappa shape index (κ2) is 3.18. The molecule has 0 nitrogen and oxygen atoms in total. The van der Waals surface area contributed by atoms with Gasteiger partial charge in [-0.15, -0.1) is 0 Å². The quantitative estimate of drug-likeness (QED) is 0.486. The third-order valence-corrected chi connectivity index (χ3v) is 2.33. The molecule has 0 N–H and O–H groups in total. The summed E-state index contributed by atoms with van der Waals surface area (Å²) in [5.74, 6) is 0.854. The Balaban J connectivity index is 2.55. The van der Waals surface area contributed by atoms with Crippen molar-refractivity contribution in [1.29, 1.82) is 0 Å². The Morgan fingerprint density at radius 2 is 1.90 bits per heavy atom. The first-order valence-corrected chi connectivity index (χ1v) is 4.04. The van der Waals surface area contributed by atoms with E-state index in [1.165, 1.54) is 6.42 Å². The van der Waals surface area contributed by atoms with Gasteiger partial charge in [-0.3, -0.25) is 0 Å². The molecule has 0 fully saturated rings. The summed E-state index contributed by atoms with van der Waals surface area (Å²) >= 11 is 0. The molecule has 0 saturated heterocycles. The van der Waals surface area contributed by atoms with Crippen molar-refractivity contribution in [1.82, 2.24) is 0 Å². The van der Waals surface area contributed by atoms with Crippen molar-refractivity contribution in [2.45, 2.75) is 39.5 Å². The van der Waals surface area contributed by atoms with Crippen LogP contribution >= 0.6 is 0 Å². The van der Waals surface area contributed by atoms with E-state index >= 15 is 0 Å². The minimum absolute atomic E-state index is 0.143. The average molecular weight is 142 g/mol. The first-order valence-electron chi connectivity index (χ1n) is 4.04. The van der Waals surface area contributed by atoms with E-state index in [1.54, 1.807) is 0 Å². The Labute approximate surface area is 62.1 Å². The third kappa shape index (κ3) is 1.83. The van der Waals surface area contributed by atoms with E-state index in [9.17, 15) is 4.39 Å². The Kier molecular flexibility index (Phi) is 2.47.